The lowest BCUT2D eigenvalue weighted by atomic mass is 9.91. The molecule has 2 N–H and O–H groups in total. The van der Waals surface area contributed by atoms with E-state index in [0.717, 1.165) is 25.7 Å². The third-order valence-corrected chi connectivity index (χ3v) is 3.91. The molecular weight excluding hydrogens is 274 g/mol. The van der Waals surface area contributed by atoms with Gasteiger partial charge in [-0.3, -0.25) is 0 Å². The summed E-state index contributed by atoms with van der Waals surface area (Å²) in [5.74, 6) is -0.521. The van der Waals surface area contributed by atoms with E-state index in [0.29, 0.717) is 0 Å². The van der Waals surface area contributed by atoms with E-state index in [4.69, 9.17) is 14.2 Å². The van der Waals surface area contributed by atoms with Gasteiger partial charge in [0.25, 0.3) is 0 Å². The van der Waals surface area contributed by atoms with E-state index in [-0.39, 0.29) is 19.8 Å². The van der Waals surface area contributed by atoms with E-state index in [2.05, 4.69) is 5.32 Å². The van der Waals surface area contributed by atoms with Crippen LogP contribution in [0.2, 0.25) is 0 Å². The van der Waals surface area contributed by atoms with Crippen LogP contribution >= 0.6 is 0 Å². The van der Waals surface area contributed by atoms with Crippen LogP contribution in [-0.2, 0) is 14.2 Å². The number of ether oxygens (including phenoxy) is 3. The number of alkyl carbamates (subject to hydrolysis) is 1. The molecule has 0 aromatic carbocycles. The van der Waals surface area contributed by atoms with Crippen molar-refractivity contribution in [3.63, 3.8) is 0 Å². The Morgan fingerprint density at radius 2 is 1.76 bits per heavy atom. The van der Waals surface area contributed by atoms with Crippen LogP contribution in [0, 0.1) is 0 Å². The van der Waals surface area contributed by atoms with Crippen molar-refractivity contribution in [2.24, 2.45) is 0 Å². The SMILES string of the molecule is CC(C)(C)OC(=O)NC1(CO)COC2(CCCCC2)OC1. The van der Waals surface area contributed by atoms with Crippen molar-refractivity contribution in [1.82, 2.24) is 5.32 Å². The van der Waals surface area contributed by atoms with Gasteiger partial charge in [0.1, 0.15) is 11.1 Å². The fraction of sp³-hybridized carbons (Fsp3) is 0.933. The number of amides is 1. The third-order valence-electron chi connectivity index (χ3n) is 3.91. The molecule has 6 heteroatoms. The maximum absolute atomic E-state index is 11.9. The molecule has 1 saturated heterocycles. The first kappa shape index (κ1) is 16.5. The molecule has 1 amide bonds. The minimum Gasteiger partial charge on any atom is -0.444 e. The summed E-state index contributed by atoms with van der Waals surface area (Å²) in [6.45, 7) is 5.61. The number of nitrogens with one attached hydrogen (secondary N) is 1. The van der Waals surface area contributed by atoms with Gasteiger partial charge in [-0.25, -0.2) is 4.79 Å². The van der Waals surface area contributed by atoms with Gasteiger partial charge in [0, 0.05) is 12.8 Å². The van der Waals surface area contributed by atoms with E-state index < -0.39 is 23.0 Å². The van der Waals surface area contributed by atoms with Gasteiger partial charge in [-0.1, -0.05) is 6.42 Å². The molecule has 0 aromatic rings. The zero-order chi connectivity index (χ0) is 15.6. The van der Waals surface area contributed by atoms with Gasteiger partial charge < -0.3 is 24.6 Å². The number of hydrogen-bond donors (Lipinski definition) is 2. The van der Waals surface area contributed by atoms with Crippen molar-refractivity contribution in [2.45, 2.75) is 69.8 Å². The summed E-state index contributed by atoms with van der Waals surface area (Å²) < 4.78 is 17.0. The molecule has 1 heterocycles. The summed E-state index contributed by atoms with van der Waals surface area (Å²) >= 11 is 0. The van der Waals surface area contributed by atoms with E-state index in [1.165, 1.54) is 6.42 Å². The molecule has 1 saturated carbocycles. The van der Waals surface area contributed by atoms with Gasteiger partial charge in [0.2, 0.25) is 0 Å². The zero-order valence-corrected chi connectivity index (χ0v) is 13.2. The van der Waals surface area contributed by atoms with Crippen LogP contribution in [-0.4, -0.2) is 47.9 Å². The minimum absolute atomic E-state index is 0.239. The predicted molar refractivity (Wildman–Crippen MR) is 76.9 cm³/mol. The fourth-order valence-corrected chi connectivity index (χ4v) is 2.72. The van der Waals surface area contributed by atoms with Gasteiger partial charge >= 0.3 is 6.09 Å². The summed E-state index contributed by atoms with van der Waals surface area (Å²) in [6.07, 6.45) is 4.57. The summed E-state index contributed by atoms with van der Waals surface area (Å²) in [6, 6.07) is 0. The smallest absolute Gasteiger partial charge is 0.408 e. The van der Waals surface area contributed by atoms with Crippen molar-refractivity contribution < 1.29 is 24.1 Å². The van der Waals surface area contributed by atoms with E-state index >= 15 is 0 Å². The van der Waals surface area contributed by atoms with Gasteiger partial charge in [-0.2, -0.15) is 0 Å². The Bertz CT molecular complexity index is 361. The largest absolute Gasteiger partial charge is 0.444 e. The molecule has 0 radical (unpaired) electrons. The number of rotatable bonds is 2. The normalized spacial score (nSPS) is 24.6. The van der Waals surface area contributed by atoms with Crippen LogP contribution < -0.4 is 5.32 Å². The van der Waals surface area contributed by atoms with Crippen LogP contribution in [0.5, 0.6) is 0 Å². The highest BCUT2D eigenvalue weighted by Gasteiger charge is 2.46. The zero-order valence-electron chi connectivity index (χ0n) is 13.2. The summed E-state index contributed by atoms with van der Waals surface area (Å²) in [7, 11) is 0. The summed E-state index contributed by atoms with van der Waals surface area (Å²) in [4.78, 5) is 11.9. The van der Waals surface area contributed by atoms with Crippen molar-refractivity contribution >= 4 is 6.09 Å². The maximum Gasteiger partial charge on any atom is 0.408 e. The monoisotopic (exact) mass is 301 g/mol. The fourth-order valence-electron chi connectivity index (χ4n) is 2.72. The molecule has 1 aliphatic heterocycles. The Hall–Kier alpha value is -0.850. The Labute approximate surface area is 126 Å². The van der Waals surface area contributed by atoms with Crippen LogP contribution in [0.25, 0.3) is 0 Å². The summed E-state index contributed by atoms with van der Waals surface area (Å²) in [5.41, 5.74) is -1.51. The molecule has 0 unspecified atom stereocenters. The quantitative estimate of drug-likeness (QED) is 0.815. The molecule has 2 fully saturated rings. The highest BCUT2D eigenvalue weighted by molar-refractivity contribution is 5.69. The van der Waals surface area contributed by atoms with E-state index in [1.54, 1.807) is 20.8 Å². The Kier molecular flexibility index (Phi) is 4.80. The number of hydrogen-bond acceptors (Lipinski definition) is 5. The molecule has 0 atom stereocenters. The van der Waals surface area contributed by atoms with Crippen LogP contribution in [0.1, 0.15) is 52.9 Å². The highest BCUT2D eigenvalue weighted by Crippen LogP contribution is 2.36. The highest BCUT2D eigenvalue weighted by atomic mass is 16.7. The van der Waals surface area contributed by atoms with Crippen LogP contribution in [0.15, 0.2) is 0 Å². The molecule has 21 heavy (non-hydrogen) atoms. The average Bonchev–Trinajstić information content (AvgIpc) is 2.41. The van der Waals surface area contributed by atoms with Gasteiger partial charge in [-0.05, 0) is 33.6 Å². The van der Waals surface area contributed by atoms with Gasteiger partial charge in [-0.15, -0.1) is 0 Å². The van der Waals surface area contributed by atoms with Gasteiger partial charge in [0.15, 0.2) is 5.79 Å². The number of carbonyl (C=O) groups excluding carboxylic acids is 1. The maximum atomic E-state index is 11.9. The molecule has 2 aliphatic rings. The average molecular weight is 301 g/mol. The lowest BCUT2D eigenvalue weighted by Crippen LogP contribution is -2.64. The first-order valence-electron chi connectivity index (χ1n) is 7.68. The number of aliphatic hydroxyl groups is 1. The van der Waals surface area contributed by atoms with Crippen molar-refractivity contribution in [1.29, 1.82) is 0 Å². The Morgan fingerprint density at radius 3 is 2.24 bits per heavy atom. The van der Waals surface area contributed by atoms with Crippen molar-refractivity contribution in [3.8, 4) is 0 Å². The second kappa shape index (κ2) is 6.10. The molecular formula is C15H27NO5. The minimum atomic E-state index is -0.926. The number of carbonyl (C=O) groups is 1. The van der Waals surface area contributed by atoms with Crippen LogP contribution in [0.4, 0.5) is 4.79 Å². The predicted octanol–water partition coefficient (Wildman–Crippen LogP) is 1.95. The molecule has 0 aromatic heterocycles. The number of aliphatic hydroxyl groups excluding tert-OH is 1. The second-order valence-electron chi connectivity index (χ2n) is 7.11. The lowest BCUT2D eigenvalue weighted by molar-refractivity contribution is -0.304. The molecule has 2 rings (SSSR count). The first-order valence-corrected chi connectivity index (χ1v) is 7.68. The van der Waals surface area contributed by atoms with E-state index in [1.807, 2.05) is 0 Å². The molecule has 1 aliphatic carbocycles. The molecule has 122 valence electrons. The van der Waals surface area contributed by atoms with Gasteiger partial charge in [0.05, 0.1) is 19.8 Å². The molecule has 1 spiro atoms. The molecule has 6 nitrogen and oxygen atoms in total. The van der Waals surface area contributed by atoms with Crippen LogP contribution in [0.3, 0.4) is 0 Å². The van der Waals surface area contributed by atoms with E-state index in [9.17, 15) is 9.90 Å². The topological polar surface area (TPSA) is 77.0 Å². The standard InChI is InChI=1S/C15H27NO5/c1-13(2,3)21-12(18)16-14(9-17)10-19-15(20-11-14)7-5-4-6-8-15/h17H,4-11H2,1-3H3,(H,16,18). The lowest BCUT2D eigenvalue weighted by Gasteiger charge is -2.47. The Morgan fingerprint density at radius 1 is 1.19 bits per heavy atom. The first-order chi connectivity index (χ1) is 9.78. The summed E-state index contributed by atoms with van der Waals surface area (Å²) in [5, 5.41) is 12.3. The Balaban J connectivity index is 1.93. The van der Waals surface area contributed by atoms with Crippen molar-refractivity contribution in [2.75, 3.05) is 19.8 Å². The van der Waals surface area contributed by atoms with Crippen molar-refractivity contribution in [3.05, 3.63) is 0 Å². The second-order valence-corrected chi connectivity index (χ2v) is 7.11. The molecule has 0 bridgehead atoms. The third kappa shape index (κ3) is 4.31.